The second kappa shape index (κ2) is 10.8. The van der Waals surface area contributed by atoms with Gasteiger partial charge in [0.2, 0.25) is 5.91 Å². The highest BCUT2D eigenvalue weighted by molar-refractivity contribution is 5.93. The van der Waals surface area contributed by atoms with Crippen LogP contribution in [0, 0.1) is 0 Å². The molecule has 2 aromatic carbocycles. The van der Waals surface area contributed by atoms with Crippen LogP contribution in [0.1, 0.15) is 19.8 Å². The second-order valence-electron chi connectivity index (χ2n) is 5.36. The monoisotopic (exact) mass is 357 g/mol. The molecule has 2 aromatic rings. The number of ether oxygens (including phenoxy) is 3. The minimum atomic E-state index is -0.384. The topological polar surface area (TPSA) is 73.9 Å². The van der Waals surface area contributed by atoms with Crippen LogP contribution in [0.15, 0.2) is 54.6 Å². The molecule has 0 fully saturated rings. The Bertz CT molecular complexity index is 702. The van der Waals surface area contributed by atoms with Gasteiger partial charge < -0.3 is 19.5 Å². The number of rotatable bonds is 10. The lowest BCUT2D eigenvalue weighted by Gasteiger charge is -2.13. The largest absolute Gasteiger partial charge is 0.490 e. The molecule has 1 amide bonds. The maximum absolute atomic E-state index is 12.0. The quantitative estimate of drug-likeness (QED) is 0.521. The van der Waals surface area contributed by atoms with E-state index in [1.54, 1.807) is 25.1 Å². The summed E-state index contributed by atoms with van der Waals surface area (Å²) in [5, 5.41) is 2.75. The Morgan fingerprint density at radius 1 is 0.885 bits per heavy atom. The summed E-state index contributed by atoms with van der Waals surface area (Å²) in [4.78, 5) is 23.3. The number of hydrogen-bond acceptors (Lipinski definition) is 5. The van der Waals surface area contributed by atoms with Gasteiger partial charge in [0.1, 0.15) is 24.7 Å². The summed E-state index contributed by atoms with van der Waals surface area (Å²) in [5.41, 5.74) is 0.557. The van der Waals surface area contributed by atoms with Crippen LogP contribution < -0.4 is 14.8 Å². The number of anilines is 1. The summed E-state index contributed by atoms with van der Waals surface area (Å²) in [7, 11) is 0. The molecule has 6 heteroatoms. The molecule has 0 heterocycles. The maximum Gasteiger partial charge on any atom is 0.306 e. The number of amides is 1. The highest BCUT2D eigenvalue weighted by Crippen LogP contribution is 2.24. The van der Waals surface area contributed by atoms with Gasteiger partial charge in [0.15, 0.2) is 0 Å². The molecule has 0 atom stereocenters. The summed E-state index contributed by atoms with van der Waals surface area (Å²) >= 11 is 0. The molecule has 0 radical (unpaired) electrons. The molecule has 26 heavy (non-hydrogen) atoms. The van der Waals surface area contributed by atoms with Gasteiger partial charge in [-0.2, -0.15) is 0 Å². The summed E-state index contributed by atoms with van der Waals surface area (Å²) in [5.74, 6) is 0.671. The Morgan fingerprint density at radius 2 is 1.58 bits per heavy atom. The fraction of sp³-hybridized carbons (Fsp3) is 0.300. The molecular formula is C20H23NO5. The Labute approximate surface area is 153 Å². The third-order valence-electron chi connectivity index (χ3n) is 3.38. The molecule has 2 rings (SSSR count). The Morgan fingerprint density at radius 3 is 2.35 bits per heavy atom. The summed E-state index contributed by atoms with van der Waals surface area (Å²) in [6.45, 7) is 2.76. The average molecular weight is 357 g/mol. The smallest absolute Gasteiger partial charge is 0.306 e. The zero-order valence-electron chi connectivity index (χ0n) is 14.8. The first-order chi connectivity index (χ1) is 12.7. The van der Waals surface area contributed by atoms with Gasteiger partial charge in [0, 0.05) is 6.42 Å². The molecule has 6 nitrogen and oxygen atoms in total. The van der Waals surface area contributed by atoms with Crippen LogP contribution in [0.3, 0.4) is 0 Å². The lowest BCUT2D eigenvalue weighted by Crippen LogP contribution is -2.16. The first kappa shape index (κ1) is 19.3. The van der Waals surface area contributed by atoms with Crippen LogP contribution >= 0.6 is 0 Å². The lowest BCUT2D eigenvalue weighted by molar-refractivity contribution is -0.144. The summed E-state index contributed by atoms with van der Waals surface area (Å²) in [6, 6.07) is 16.6. The van der Waals surface area contributed by atoms with Crippen molar-refractivity contribution in [2.75, 3.05) is 25.1 Å². The third-order valence-corrected chi connectivity index (χ3v) is 3.38. The number of carbonyl (C=O) groups excluding carboxylic acids is 2. The molecular weight excluding hydrogens is 334 g/mol. The molecule has 0 aromatic heterocycles. The first-order valence-electron chi connectivity index (χ1n) is 8.54. The van der Waals surface area contributed by atoms with Gasteiger partial charge in [-0.05, 0) is 31.2 Å². The number of benzene rings is 2. The normalized spacial score (nSPS) is 10.0. The molecule has 0 bridgehead atoms. The van der Waals surface area contributed by atoms with E-state index in [1.807, 2.05) is 36.4 Å². The van der Waals surface area contributed by atoms with E-state index in [4.69, 9.17) is 14.2 Å². The summed E-state index contributed by atoms with van der Waals surface area (Å²) < 4.78 is 16.1. The van der Waals surface area contributed by atoms with E-state index in [9.17, 15) is 9.59 Å². The molecule has 0 aliphatic rings. The van der Waals surface area contributed by atoms with Crippen molar-refractivity contribution in [2.45, 2.75) is 19.8 Å². The van der Waals surface area contributed by atoms with Gasteiger partial charge in [-0.15, -0.1) is 0 Å². The average Bonchev–Trinajstić information content (AvgIpc) is 2.66. The van der Waals surface area contributed by atoms with Crippen LogP contribution in [0.4, 0.5) is 5.69 Å². The Kier molecular flexibility index (Phi) is 7.99. The van der Waals surface area contributed by atoms with Gasteiger partial charge in [0.25, 0.3) is 0 Å². The van der Waals surface area contributed by atoms with Crippen molar-refractivity contribution in [3.05, 3.63) is 54.6 Å². The van der Waals surface area contributed by atoms with E-state index in [-0.39, 0.29) is 24.7 Å². The third kappa shape index (κ3) is 6.84. The molecule has 1 N–H and O–H groups in total. The first-order valence-corrected chi connectivity index (χ1v) is 8.54. The van der Waals surface area contributed by atoms with E-state index in [2.05, 4.69) is 5.32 Å². The van der Waals surface area contributed by atoms with Gasteiger partial charge in [-0.1, -0.05) is 30.3 Å². The molecule has 0 saturated heterocycles. The molecule has 0 unspecified atom stereocenters. The van der Waals surface area contributed by atoms with Crippen molar-refractivity contribution in [1.29, 1.82) is 0 Å². The van der Waals surface area contributed by atoms with Crippen molar-refractivity contribution in [2.24, 2.45) is 0 Å². The fourth-order valence-corrected chi connectivity index (χ4v) is 2.19. The Balaban J connectivity index is 1.79. The number of nitrogens with one attached hydrogen (secondary N) is 1. The zero-order chi connectivity index (χ0) is 18.6. The molecule has 0 aliphatic heterocycles. The highest BCUT2D eigenvalue weighted by atomic mass is 16.5. The van der Waals surface area contributed by atoms with Crippen molar-refractivity contribution < 1.29 is 23.8 Å². The highest BCUT2D eigenvalue weighted by Gasteiger charge is 2.10. The van der Waals surface area contributed by atoms with E-state index in [1.165, 1.54) is 0 Å². The molecule has 138 valence electrons. The van der Waals surface area contributed by atoms with Crippen molar-refractivity contribution in [1.82, 2.24) is 0 Å². The van der Waals surface area contributed by atoms with Gasteiger partial charge in [-0.25, -0.2) is 0 Å². The van der Waals surface area contributed by atoms with Crippen molar-refractivity contribution in [3.63, 3.8) is 0 Å². The van der Waals surface area contributed by atoms with Crippen molar-refractivity contribution >= 4 is 17.6 Å². The van der Waals surface area contributed by atoms with Crippen LogP contribution in [-0.2, 0) is 14.3 Å². The SMILES string of the molecule is CCOC(=O)CCC(=O)Nc1ccccc1OCCOc1ccccc1. The van der Waals surface area contributed by atoms with Crippen LogP contribution in [0.2, 0.25) is 0 Å². The van der Waals surface area contributed by atoms with Crippen LogP contribution in [0.25, 0.3) is 0 Å². The van der Waals surface area contributed by atoms with E-state index < -0.39 is 0 Å². The molecule has 0 saturated carbocycles. The van der Waals surface area contributed by atoms with E-state index in [0.29, 0.717) is 31.3 Å². The number of para-hydroxylation sites is 3. The number of carbonyl (C=O) groups is 2. The van der Waals surface area contributed by atoms with Crippen molar-refractivity contribution in [3.8, 4) is 11.5 Å². The standard InChI is InChI=1S/C20H23NO5/c1-2-24-20(23)13-12-19(22)21-17-10-6-7-11-18(17)26-15-14-25-16-8-4-3-5-9-16/h3-11H,2,12-15H2,1H3,(H,21,22). The minimum Gasteiger partial charge on any atom is -0.490 e. The lowest BCUT2D eigenvalue weighted by atomic mass is 10.2. The number of esters is 1. The zero-order valence-corrected chi connectivity index (χ0v) is 14.8. The van der Waals surface area contributed by atoms with E-state index in [0.717, 1.165) is 5.75 Å². The van der Waals surface area contributed by atoms with Gasteiger partial charge in [-0.3, -0.25) is 9.59 Å². The summed E-state index contributed by atoms with van der Waals surface area (Å²) in [6.07, 6.45) is 0.109. The maximum atomic E-state index is 12.0. The fourth-order valence-electron chi connectivity index (χ4n) is 2.19. The van der Waals surface area contributed by atoms with E-state index >= 15 is 0 Å². The minimum absolute atomic E-state index is 0.0492. The Hall–Kier alpha value is -3.02. The van der Waals surface area contributed by atoms with Gasteiger partial charge in [0.05, 0.1) is 18.7 Å². The van der Waals surface area contributed by atoms with Gasteiger partial charge >= 0.3 is 5.97 Å². The molecule has 0 spiro atoms. The molecule has 0 aliphatic carbocycles. The predicted molar refractivity (Wildman–Crippen MR) is 98.4 cm³/mol. The second-order valence-corrected chi connectivity index (χ2v) is 5.36. The number of hydrogen-bond donors (Lipinski definition) is 1. The predicted octanol–water partition coefficient (Wildman–Crippen LogP) is 3.43. The van der Waals surface area contributed by atoms with Crippen LogP contribution in [-0.4, -0.2) is 31.7 Å². The van der Waals surface area contributed by atoms with Crippen LogP contribution in [0.5, 0.6) is 11.5 Å².